The zero-order valence-corrected chi connectivity index (χ0v) is 31.2. The first-order chi connectivity index (χ1) is 27.6. The molecule has 0 aliphatic heterocycles. The zero-order chi connectivity index (χ0) is 37.2. The van der Waals surface area contributed by atoms with Crippen molar-refractivity contribution in [1.29, 1.82) is 5.26 Å². The van der Waals surface area contributed by atoms with Gasteiger partial charge >= 0.3 is 0 Å². The smallest absolute Gasteiger partial charge is 0.164 e. The van der Waals surface area contributed by atoms with Gasteiger partial charge in [-0.15, -0.1) is 0 Å². The molecule has 7 aromatic carbocycles. The molecule has 8 aromatic rings. The first kappa shape index (κ1) is 32.9. The molecule has 4 aliphatic carbocycles. The molecule has 0 radical (unpaired) electrons. The van der Waals surface area contributed by atoms with Gasteiger partial charge in [0.05, 0.1) is 11.6 Å². The minimum Gasteiger partial charge on any atom is -0.208 e. The number of rotatable bonds is 6. The molecular weight excluding hydrogens is 681 g/mol. The van der Waals surface area contributed by atoms with E-state index in [1.54, 1.807) is 0 Å². The van der Waals surface area contributed by atoms with E-state index in [0.717, 1.165) is 72.7 Å². The highest BCUT2D eigenvalue weighted by Gasteiger charge is 2.51. The molecule has 12 rings (SSSR count). The molecule has 0 N–H and O–H groups in total. The van der Waals surface area contributed by atoms with Crippen molar-refractivity contribution in [2.24, 2.45) is 17.8 Å². The van der Waals surface area contributed by atoms with Crippen LogP contribution >= 0.6 is 0 Å². The lowest BCUT2D eigenvalue weighted by molar-refractivity contribution is -0.00518. The van der Waals surface area contributed by atoms with Crippen molar-refractivity contribution in [3.8, 4) is 62.5 Å². The number of fused-ring (bicyclic) bond motifs is 3. The van der Waals surface area contributed by atoms with Gasteiger partial charge in [0.25, 0.3) is 0 Å². The number of hydrogen-bond acceptors (Lipinski definition) is 4. The second kappa shape index (κ2) is 13.1. The molecule has 4 nitrogen and oxygen atoms in total. The van der Waals surface area contributed by atoms with E-state index in [-0.39, 0.29) is 0 Å². The summed E-state index contributed by atoms with van der Waals surface area (Å²) in [5.41, 5.74) is 9.98. The lowest BCUT2D eigenvalue weighted by Gasteiger charge is -2.57. The van der Waals surface area contributed by atoms with Crippen molar-refractivity contribution in [1.82, 2.24) is 15.0 Å². The van der Waals surface area contributed by atoms with Crippen molar-refractivity contribution in [3.05, 3.63) is 163 Å². The molecule has 4 fully saturated rings. The summed E-state index contributed by atoms with van der Waals surface area (Å²) in [6.07, 6.45) is 8.40. The SMILES string of the molecule is N#Cc1cc2cc(-c3ccc(-c4nc(-c5ccc(-c6ccccc6)cc5)nc(-c5ccc(C67C[C@H]8C[C@H](C6)C[C@@H](C7)C8)cc5)n4)cc3)ccc2c2ccccc12. The van der Waals surface area contributed by atoms with Crippen LogP contribution in [0.5, 0.6) is 0 Å². The lowest BCUT2D eigenvalue weighted by Crippen LogP contribution is -2.48. The topological polar surface area (TPSA) is 62.5 Å². The van der Waals surface area contributed by atoms with Gasteiger partial charge in [0.2, 0.25) is 0 Å². The van der Waals surface area contributed by atoms with Crippen LogP contribution in [-0.2, 0) is 5.41 Å². The van der Waals surface area contributed by atoms with Crippen LogP contribution in [0.2, 0.25) is 0 Å². The van der Waals surface area contributed by atoms with E-state index < -0.39 is 0 Å². The molecule has 4 heteroatoms. The Labute approximate surface area is 327 Å². The largest absolute Gasteiger partial charge is 0.208 e. The third-order valence-corrected chi connectivity index (χ3v) is 13.1. The highest BCUT2D eigenvalue weighted by molar-refractivity contribution is 6.10. The number of benzene rings is 7. The zero-order valence-electron chi connectivity index (χ0n) is 31.2. The molecule has 1 aromatic heterocycles. The van der Waals surface area contributed by atoms with Gasteiger partial charge in [-0.05, 0) is 118 Å². The van der Waals surface area contributed by atoms with Crippen LogP contribution in [0.25, 0.3) is 78.0 Å². The van der Waals surface area contributed by atoms with Gasteiger partial charge in [0, 0.05) is 22.1 Å². The van der Waals surface area contributed by atoms with Gasteiger partial charge in [-0.25, -0.2) is 15.0 Å². The average Bonchev–Trinajstić information content (AvgIpc) is 3.26. The van der Waals surface area contributed by atoms with Crippen LogP contribution in [0, 0.1) is 29.1 Å². The third-order valence-electron chi connectivity index (χ3n) is 13.1. The Bertz CT molecular complexity index is 2780. The van der Waals surface area contributed by atoms with Crippen molar-refractivity contribution in [2.45, 2.75) is 43.9 Å². The van der Waals surface area contributed by atoms with Crippen LogP contribution in [0.1, 0.15) is 49.7 Å². The van der Waals surface area contributed by atoms with Crippen molar-refractivity contribution in [2.75, 3.05) is 0 Å². The maximum atomic E-state index is 9.91. The fourth-order valence-electron chi connectivity index (χ4n) is 10.8. The molecule has 268 valence electrons. The van der Waals surface area contributed by atoms with Gasteiger partial charge in [0.1, 0.15) is 0 Å². The summed E-state index contributed by atoms with van der Waals surface area (Å²) in [6.45, 7) is 0. The summed E-state index contributed by atoms with van der Waals surface area (Å²) in [6, 6.07) is 55.8. The summed E-state index contributed by atoms with van der Waals surface area (Å²) < 4.78 is 0. The summed E-state index contributed by atoms with van der Waals surface area (Å²) in [5, 5.41) is 14.2. The molecule has 4 aliphatic rings. The van der Waals surface area contributed by atoms with Gasteiger partial charge in [0.15, 0.2) is 17.5 Å². The van der Waals surface area contributed by atoms with Crippen LogP contribution in [-0.4, -0.2) is 15.0 Å². The summed E-state index contributed by atoms with van der Waals surface area (Å²) in [5.74, 6) is 4.73. The van der Waals surface area contributed by atoms with E-state index in [1.807, 2.05) is 30.3 Å². The average molecular weight is 721 g/mol. The van der Waals surface area contributed by atoms with Gasteiger partial charge in [-0.1, -0.05) is 140 Å². The summed E-state index contributed by atoms with van der Waals surface area (Å²) >= 11 is 0. The first-order valence-electron chi connectivity index (χ1n) is 20.1. The van der Waals surface area contributed by atoms with Crippen LogP contribution in [0.3, 0.4) is 0 Å². The second-order valence-corrected chi connectivity index (χ2v) is 16.6. The lowest BCUT2D eigenvalue weighted by atomic mass is 9.48. The van der Waals surface area contributed by atoms with E-state index in [2.05, 4.69) is 127 Å². The summed E-state index contributed by atoms with van der Waals surface area (Å²) in [4.78, 5) is 15.3. The van der Waals surface area contributed by atoms with Crippen LogP contribution < -0.4 is 0 Å². The highest BCUT2D eigenvalue weighted by Crippen LogP contribution is 2.60. The van der Waals surface area contributed by atoms with E-state index >= 15 is 0 Å². The minimum atomic E-state index is 0.349. The monoisotopic (exact) mass is 720 g/mol. The second-order valence-electron chi connectivity index (χ2n) is 16.6. The maximum absolute atomic E-state index is 9.91. The Hall–Kier alpha value is -6.44. The molecule has 56 heavy (non-hydrogen) atoms. The Morgan fingerprint density at radius 1 is 0.429 bits per heavy atom. The third kappa shape index (κ3) is 5.69. The molecule has 1 heterocycles. The fraction of sp³-hybridized carbons (Fsp3) is 0.192. The summed E-state index contributed by atoms with van der Waals surface area (Å²) in [7, 11) is 0. The minimum absolute atomic E-state index is 0.349. The Kier molecular flexibility index (Phi) is 7.71. The number of hydrogen-bond donors (Lipinski definition) is 0. The van der Waals surface area contributed by atoms with Gasteiger partial charge < -0.3 is 0 Å². The van der Waals surface area contributed by atoms with Gasteiger partial charge in [-0.3, -0.25) is 0 Å². The Morgan fingerprint density at radius 3 is 1.43 bits per heavy atom. The number of nitrogens with zero attached hydrogens (tertiary/aromatic N) is 4. The predicted octanol–water partition coefficient (Wildman–Crippen LogP) is 12.9. The maximum Gasteiger partial charge on any atom is 0.164 e. The van der Waals surface area contributed by atoms with E-state index in [9.17, 15) is 5.26 Å². The van der Waals surface area contributed by atoms with E-state index in [4.69, 9.17) is 15.0 Å². The van der Waals surface area contributed by atoms with Crippen LogP contribution in [0.15, 0.2) is 152 Å². The normalized spacial score (nSPS) is 21.0. The highest BCUT2D eigenvalue weighted by atomic mass is 15.0. The molecule has 4 saturated carbocycles. The van der Waals surface area contributed by atoms with Crippen molar-refractivity contribution >= 4 is 21.5 Å². The van der Waals surface area contributed by atoms with Crippen molar-refractivity contribution in [3.63, 3.8) is 0 Å². The van der Waals surface area contributed by atoms with E-state index in [0.29, 0.717) is 28.5 Å². The van der Waals surface area contributed by atoms with Crippen LogP contribution in [0.4, 0.5) is 0 Å². The molecule has 0 amide bonds. The molecule has 0 atom stereocenters. The quantitative estimate of drug-likeness (QED) is 0.160. The fourth-order valence-corrected chi connectivity index (χ4v) is 10.8. The predicted molar refractivity (Wildman–Crippen MR) is 227 cm³/mol. The van der Waals surface area contributed by atoms with E-state index in [1.165, 1.54) is 49.7 Å². The molecule has 4 bridgehead atoms. The molecule has 0 unspecified atom stereocenters. The Balaban J connectivity index is 0.957. The molecule has 0 saturated heterocycles. The number of aromatic nitrogens is 3. The molecule has 0 spiro atoms. The standard InChI is InChI=1S/C52H40N4/c53-32-44-28-43-27-42(20-23-47(43)48-9-5-4-8-46(44)48)38-12-16-40(17-13-38)50-54-49(39-14-10-37(11-15-39)36-6-2-1-3-7-36)55-51(56-50)41-18-21-45(22-19-41)52-29-33-24-34(30-52)26-35(25-33)31-52/h1-23,27-28,33-35H,24-26,29-31H2/t33-,34-,35-,52?. The molecular formula is C52H40N4. The van der Waals surface area contributed by atoms with Crippen molar-refractivity contribution < 1.29 is 0 Å². The number of nitriles is 1. The first-order valence-corrected chi connectivity index (χ1v) is 20.1. The van der Waals surface area contributed by atoms with Gasteiger partial charge in [-0.2, -0.15) is 5.26 Å². The Morgan fingerprint density at radius 2 is 0.875 bits per heavy atom.